The number of benzene rings is 1. The number of aryl methyl sites for hydroxylation is 2. The van der Waals surface area contributed by atoms with Gasteiger partial charge >= 0.3 is 0 Å². The largest absolute Gasteiger partial charge is 0.468 e. The predicted octanol–water partition coefficient (Wildman–Crippen LogP) is 3.48. The molecule has 1 aromatic carbocycles. The van der Waals surface area contributed by atoms with Crippen molar-refractivity contribution in [2.24, 2.45) is 0 Å². The van der Waals surface area contributed by atoms with Gasteiger partial charge in [0.15, 0.2) is 0 Å². The van der Waals surface area contributed by atoms with Crippen LogP contribution in [0.2, 0.25) is 0 Å². The topological polar surface area (TPSA) is 37.2 Å². The highest BCUT2D eigenvalue weighted by molar-refractivity contribution is 5.69. The average molecular weight is 228 g/mol. The van der Waals surface area contributed by atoms with E-state index >= 15 is 0 Å². The van der Waals surface area contributed by atoms with Gasteiger partial charge in [-0.1, -0.05) is 18.2 Å². The van der Waals surface area contributed by atoms with Crippen LogP contribution in [0.4, 0.5) is 11.4 Å². The number of anilines is 2. The zero-order chi connectivity index (χ0) is 11.8. The molecule has 1 unspecified atom stereocenters. The molecule has 2 N–H and O–H groups in total. The number of rotatable bonds is 1. The quantitative estimate of drug-likeness (QED) is 0.784. The molecule has 0 radical (unpaired) electrons. The van der Waals surface area contributed by atoms with Crippen molar-refractivity contribution in [3.8, 4) is 0 Å². The lowest BCUT2D eigenvalue weighted by molar-refractivity contribution is 0.569. The molecule has 0 fully saturated rings. The molecule has 1 aliphatic heterocycles. The lowest BCUT2D eigenvalue weighted by atomic mass is 10.00. The van der Waals surface area contributed by atoms with Crippen molar-refractivity contribution in [1.29, 1.82) is 0 Å². The number of nitrogens with one attached hydrogen (secondary N) is 2. The summed E-state index contributed by atoms with van der Waals surface area (Å²) in [6.07, 6.45) is 3.48. The Balaban J connectivity index is 1.89. The first-order valence-corrected chi connectivity index (χ1v) is 5.88. The molecule has 1 aromatic heterocycles. The van der Waals surface area contributed by atoms with Gasteiger partial charge in [0.2, 0.25) is 0 Å². The predicted molar refractivity (Wildman–Crippen MR) is 69.5 cm³/mol. The molecule has 3 rings (SSSR count). The molecule has 0 amide bonds. The Morgan fingerprint density at radius 2 is 1.94 bits per heavy atom. The molecule has 17 heavy (non-hydrogen) atoms. The van der Waals surface area contributed by atoms with Gasteiger partial charge in [0, 0.05) is 6.54 Å². The molecule has 3 heteroatoms. The van der Waals surface area contributed by atoms with Gasteiger partial charge in [-0.2, -0.15) is 0 Å². The number of hydrogen-bond acceptors (Lipinski definition) is 3. The van der Waals surface area contributed by atoms with Crippen LogP contribution in [0.15, 0.2) is 35.1 Å². The van der Waals surface area contributed by atoms with Gasteiger partial charge in [-0.15, -0.1) is 0 Å². The van der Waals surface area contributed by atoms with Gasteiger partial charge in [0.25, 0.3) is 0 Å². The van der Waals surface area contributed by atoms with Crippen LogP contribution in [0.1, 0.15) is 22.7 Å². The summed E-state index contributed by atoms with van der Waals surface area (Å²) >= 11 is 0. The van der Waals surface area contributed by atoms with E-state index in [1.54, 1.807) is 12.5 Å². The molecule has 3 nitrogen and oxygen atoms in total. The SMILES string of the molecule is Cc1ccc(C2CNc3cocc3N2)cc1C. The molecule has 1 aliphatic rings. The van der Waals surface area contributed by atoms with Crippen molar-refractivity contribution in [2.75, 3.05) is 17.2 Å². The third-order valence-electron chi connectivity index (χ3n) is 3.42. The van der Waals surface area contributed by atoms with E-state index in [1.165, 1.54) is 16.7 Å². The van der Waals surface area contributed by atoms with E-state index in [4.69, 9.17) is 4.42 Å². The first kappa shape index (κ1) is 10.3. The third kappa shape index (κ3) is 1.78. The second kappa shape index (κ2) is 3.84. The van der Waals surface area contributed by atoms with Gasteiger partial charge in [-0.25, -0.2) is 0 Å². The van der Waals surface area contributed by atoms with E-state index in [2.05, 4.69) is 42.7 Å². The van der Waals surface area contributed by atoms with Crippen LogP contribution in [0.3, 0.4) is 0 Å². The Morgan fingerprint density at radius 3 is 2.76 bits per heavy atom. The van der Waals surface area contributed by atoms with E-state index in [0.717, 1.165) is 17.9 Å². The zero-order valence-corrected chi connectivity index (χ0v) is 10.1. The Morgan fingerprint density at radius 1 is 1.12 bits per heavy atom. The highest BCUT2D eigenvalue weighted by Gasteiger charge is 2.20. The van der Waals surface area contributed by atoms with E-state index in [-0.39, 0.29) is 0 Å². The Hall–Kier alpha value is -1.90. The highest BCUT2D eigenvalue weighted by atomic mass is 16.3. The minimum atomic E-state index is 0.305. The van der Waals surface area contributed by atoms with E-state index < -0.39 is 0 Å². The molecule has 2 heterocycles. The summed E-state index contributed by atoms with van der Waals surface area (Å²) in [6.45, 7) is 5.17. The summed E-state index contributed by atoms with van der Waals surface area (Å²) in [5.41, 5.74) is 6.07. The minimum Gasteiger partial charge on any atom is -0.468 e. The maximum Gasteiger partial charge on any atom is 0.116 e. The monoisotopic (exact) mass is 228 g/mol. The lowest BCUT2D eigenvalue weighted by Crippen LogP contribution is -2.25. The summed E-state index contributed by atoms with van der Waals surface area (Å²) in [5.74, 6) is 0. The average Bonchev–Trinajstić information content (AvgIpc) is 2.79. The van der Waals surface area contributed by atoms with Crippen molar-refractivity contribution >= 4 is 11.4 Å². The molecular formula is C14H16N2O. The van der Waals surface area contributed by atoms with Gasteiger partial charge in [-0.05, 0) is 30.5 Å². The fourth-order valence-electron chi connectivity index (χ4n) is 2.18. The molecule has 0 saturated carbocycles. The molecule has 88 valence electrons. The van der Waals surface area contributed by atoms with Crippen molar-refractivity contribution < 1.29 is 4.42 Å². The van der Waals surface area contributed by atoms with Crippen LogP contribution >= 0.6 is 0 Å². The first-order valence-electron chi connectivity index (χ1n) is 5.88. The van der Waals surface area contributed by atoms with Crippen LogP contribution in [-0.2, 0) is 0 Å². The molecule has 0 bridgehead atoms. The summed E-state index contributed by atoms with van der Waals surface area (Å²) in [4.78, 5) is 0. The van der Waals surface area contributed by atoms with Gasteiger partial charge in [0.1, 0.15) is 12.5 Å². The van der Waals surface area contributed by atoms with Crippen molar-refractivity contribution in [2.45, 2.75) is 19.9 Å². The van der Waals surface area contributed by atoms with Crippen LogP contribution in [-0.4, -0.2) is 6.54 Å². The first-order chi connectivity index (χ1) is 8.24. The maximum atomic E-state index is 5.17. The molecule has 0 aliphatic carbocycles. The Kier molecular flexibility index (Phi) is 2.32. The fourth-order valence-corrected chi connectivity index (χ4v) is 2.18. The Bertz CT molecular complexity index is 545. The van der Waals surface area contributed by atoms with Crippen LogP contribution < -0.4 is 10.6 Å². The van der Waals surface area contributed by atoms with Gasteiger partial charge in [-0.3, -0.25) is 0 Å². The maximum absolute atomic E-state index is 5.17. The van der Waals surface area contributed by atoms with Crippen molar-refractivity contribution in [1.82, 2.24) is 0 Å². The fraction of sp³-hybridized carbons (Fsp3) is 0.286. The van der Waals surface area contributed by atoms with Crippen molar-refractivity contribution in [3.63, 3.8) is 0 Å². The highest BCUT2D eigenvalue weighted by Crippen LogP contribution is 2.32. The summed E-state index contributed by atoms with van der Waals surface area (Å²) < 4.78 is 5.17. The van der Waals surface area contributed by atoms with E-state index in [1.807, 2.05) is 0 Å². The third-order valence-corrected chi connectivity index (χ3v) is 3.42. The zero-order valence-electron chi connectivity index (χ0n) is 10.1. The second-order valence-electron chi connectivity index (χ2n) is 4.62. The molecule has 0 saturated heterocycles. The Labute approximate surface area is 101 Å². The number of fused-ring (bicyclic) bond motifs is 1. The molecule has 1 atom stereocenters. The van der Waals surface area contributed by atoms with Crippen LogP contribution in [0.25, 0.3) is 0 Å². The lowest BCUT2D eigenvalue weighted by Gasteiger charge is -2.26. The van der Waals surface area contributed by atoms with Gasteiger partial charge < -0.3 is 15.1 Å². The smallest absolute Gasteiger partial charge is 0.116 e. The molecule has 0 spiro atoms. The van der Waals surface area contributed by atoms with Crippen LogP contribution in [0, 0.1) is 13.8 Å². The van der Waals surface area contributed by atoms with Crippen molar-refractivity contribution in [3.05, 3.63) is 47.4 Å². The molecular weight excluding hydrogens is 212 g/mol. The number of furan rings is 1. The standard InChI is InChI=1S/C14H16N2O/c1-9-3-4-11(5-10(9)2)12-6-15-13-7-17-8-14(13)16-12/h3-5,7-8,12,15-16H,6H2,1-2H3. The summed E-state index contributed by atoms with van der Waals surface area (Å²) in [5, 5.41) is 6.85. The van der Waals surface area contributed by atoms with Gasteiger partial charge in [0.05, 0.1) is 17.4 Å². The van der Waals surface area contributed by atoms with E-state index in [0.29, 0.717) is 6.04 Å². The normalized spacial score (nSPS) is 18.1. The summed E-state index contributed by atoms with van der Waals surface area (Å²) in [6, 6.07) is 6.92. The second-order valence-corrected chi connectivity index (χ2v) is 4.62. The number of hydrogen-bond donors (Lipinski definition) is 2. The minimum absolute atomic E-state index is 0.305. The summed E-state index contributed by atoms with van der Waals surface area (Å²) in [7, 11) is 0. The van der Waals surface area contributed by atoms with Crippen LogP contribution in [0.5, 0.6) is 0 Å². The molecule has 2 aromatic rings. The van der Waals surface area contributed by atoms with E-state index in [9.17, 15) is 0 Å².